The van der Waals surface area contributed by atoms with Gasteiger partial charge in [-0.25, -0.2) is 9.97 Å². The summed E-state index contributed by atoms with van der Waals surface area (Å²) in [6, 6.07) is 2.73. The van der Waals surface area contributed by atoms with Crippen LogP contribution in [0.2, 0.25) is 0 Å². The van der Waals surface area contributed by atoms with E-state index in [0.29, 0.717) is 6.04 Å². The first-order chi connectivity index (χ1) is 8.81. The van der Waals surface area contributed by atoms with Gasteiger partial charge in [0.1, 0.15) is 11.6 Å². The topological polar surface area (TPSA) is 41.1 Å². The molecule has 1 aromatic heterocycles. The minimum atomic E-state index is 0.713. The molecule has 0 amide bonds. The molecule has 0 unspecified atom stereocenters. The highest BCUT2D eigenvalue weighted by Crippen LogP contribution is 2.28. The van der Waals surface area contributed by atoms with Crippen molar-refractivity contribution in [2.75, 3.05) is 24.5 Å². The van der Waals surface area contributed by atoms with Crippen LogP contribution in [-0.2, 0) is 0 Å². The highest BCUT2D eigenvalue weighted by atomic mass is 15.2. The number of rotatable bonds is 4. The second-order valence-electron chi connectivity index (χ2n) is 5.57. The van der Waals surface area contributed by atoms with Gasteiger partial charge in [0.05, 0.1) is 0 Å². The van der Waals surface area contributed by atoms with Crippen molar-refractivity contribution in [2.24, 2.45) is 5.92 Å². The van der Waals surface area contributed by atoms with Gasteiger partial charge in [-0.3, -0.25) is 0 Å². The van der Waals surface area contributed by atoms with E-state index in [9.17, 15) is 0 Å². The highest BCUT2D eigenvalue weighted by Gasteiger charge is 2.24. The Morgan fingerprint density at radius 3 is 2.72 bits per heavy atom. The molecule has 98 valence electrons. The summed E-state index contributed by atoms with van der Waals surface area (Å²) < 4.78 is 0. The van der Waals surface area contributed by atoms with E-state index in [4.69, 9.17) is 0 Å². The van der Waals surface area contributed by atoms with Crippen LogP contribution in [0.5, 0.6) is 0 Å². The number of anilines is 1. The summed E-state index contributed by atoms with van der Waals surface area (Å²) >= 11 is 0. The van der Waals surface area contributed by atoms with Gasteiger partial charge in [-0.15, -0.1) is 0 Å². The highest BCUT2D eigenvalue weighted by molar-refractivity contribution is 5.37. The molecule has 1 saturated carbocycles. The summed E-state index contributed by atoms with van der Waals surface area (Å²) in [5.74, 6) is 2.93. The van der Waals surface area contributed by atoms with Crippen LogP contribution < -0.4 is 10.2 Å². The lowest BCUT2D eigenvalue weighted by Gasteiger charge is -2.33. The molecule has 4 nitrogen and oxygen atoms in total. The van der Waals surface area contributed by atoms with Crippen LogP contribution in [0.4, 0.5) is 5.82 Å². The van der Waals surface area contributed by atoms with Crippen LogP contribution in [0.1, 0.15) is 31.5 Å². The maximum Gasteiger partial charge on any atom is 0.132 e. The number of aryl methyl sites for hydroxylation is 1. The van der Waals surface area contributed by atoms with Gasteiger partial charge in [0.25, 0.3) is 0 Å². The Morgan fingerprint density at radius 2 is 2.06 bits per heavy atom. The molecule has 1 saturated heterocycles. The molecule has 2 fully saturated rings. The zero-order chi connectivity index (χ0) is 12.4. The van der Waals surface area contributed by atoms with Gasteiger partial charge in [-0.2, -0.15) is 0 Å². The Kier molecular flexibility index (Phi) is 3.46. The van der Waals surface area contributed by atoms with Crippen molar-refractivity contribution in [3.63, 3.8) is 0 Å². The number of nitrogens with one attached hydrogen (secondary N) is 1. The Morgan fingerprint density at radius 1 is 1.28 bits per heavy atom. The zero-order valence-electron chi connectivity index (χ0n) is 11.1. The van der Waals surface area contributed by atoms with Crippen molar-refractivity contribution < 1.29 is 0 Å². The first-order valence-electron chi connectivity index (χ1n) is 7.09. The second-order valence-corrected chi connectivity index (χ2v) is 5.57. The van der Waals surface area contributed by atoms with Crippen LogP contribution in [0.3, 0.4) is 0 Å². The largest absolute Gasteiger partial charge is 0.356 e. The maximum absolute atomic E-state index is 4.50. The fourth-order valence-corrected chi connectivity index (χ4v) is 2.59. The standard InChI is InChI=1S/C14H22N4/c1-11-15-7-4-14(17-11)18-8-5-13(6-9-18)16-10-12-2-3-12/h4,7,12-13,16H,2-3,5-6,8-10H2,1H3. The number of hydrogen-bond acceptors (Lipinski definition) is 4. The van der Waals surface area contributed by atoms with Crippen molar-refractivity contribution >= 4 is 5.82 Å². The lowest BCUT2D eigenvalue weighted by Crippen LogP contribution is -2.43. The normalized spacial score (nSPS) is 21.3. The molecule has 0 bridgehead atoms. The van der Waals surface area contributed by atoms with Crippen molar-refractivity contribution in [3.05, 3.63) is 18.1 Å². The van der Waals surface area contributed by atoms with E-state index >= 15 is 0 Å². The lowest BCUT2D eigenvalue weighted by molar-refractivity contribution is 0.407. The van der Waals surface area contributed by atoms with E-state index in [2.05, 4.69) is 20.2 Å². The summed E-state index contributed by atoms with van der Waals surface area (Å²) in [6.45, 7) is 5.41. The zero-order valence-corrected chi connectivity index (χ0v) is 11.1. The summed E-state index contributed by atoms with van der Waals surface area (Å²) in [6.07, 6.45) is 7.19. The molecule has 1 aliphatic carbocycles. The van der Waals surface area contributed by atoms with Crippen LogP contribution in [0, 0.1) is 12.8 Å². The predicted molar refractivity (Wildman–Crippen MR) is 72.7 cm³/mol. The van der Waals surface area contributed by atoms with Crippen molar-refractivity contribution in [2.45, 2.75) is 38.6 Å². The van der Waals surface area contributed by atoms with Gasteiger partial charge in [-0.1, -0.05) is 0 Å². The molecule has 2 heterocycles. The average molecular weight is 246 g/mol. The first kappa shape index (κ1) is 11.9. The molecule has 0 spiro atoms. The molecular weight excluding hydrogens is 224 g/mol. The van der Waals surface area contributed by atoms with Crippen LogP contribution >= 0.6 is 0 Å². The van der Waals surface area contributed by atoms with E-state index in [1.54, 1.807) is 0 Å². The second kappa shape index (κ2) is 5.22. The van der Waals surface area contributed by atoms with Crippen LogP contribution in [0.25, 0.3) is 0 Å². The van der Waals surface area contributed by atoms with E-state index in [1.165, 1.54) is 32.2 Å². The summed E-state index contributed by atoms with van der Waals surface area (Å²) in [5.41, 5.74) is 0. The molecular formula is C14H22N4. The van der Waals surface area contributed by atoms with Gasteiger partial charge in [0.15, 0.2) is 0 Å². The fourth-order valence-electron chi connectivity index (χ4n) is 2.59. The molecule has 4 heteroatoms. The third kappa shape index (κ3) is 2.99. The molecule has 1 aliphatic heterocycles. The van der Waals surface area contributed by atoms with Gasteiger partial charge < -0.3 is 10.2 Å². The van der Waals surface area contributed by atoms with E-state index < -0.39 is 0 Å². The summed E-state index contributed by atoms with van der Waals surface area (Å²) in [4.78, 5) is 11.0. The van der Waals surface area contributed by atoms with Crippen molar-refractivity contribution in [3.8, 4) is 0 Å². The Hall–Kier alpha value is -1.16. The molecule has 18 heavy (non-hydrogen) atoms. The Balaban J connectivity index is 1.49. The molecule has 3 rings (SSSR count). The lowest BCUT2D eigenvalue weighted by atomic mass is 10.0. The SMILES string of the molecule is Cc1nccc(N2CCC(NCC3CC3)CC2)n1. The first-order valence-corrected chi connectivity index (χ1v) is 7.09. The number of hydrogen-bond donors (Lipinski definition) is 1. The molecule has 0 aromatic carbocycles. The fraction of sp³-hybridized carbons (Fsp3) is 0.714. The monoisotopic (exact) mass is 246 g/mol. The van der Waals surface area contributed by atoms with E-state index in [0.717, 1.165) is 30.6 Å². The van der Waals surface area contributed by atoms with Gasteiger partial charge in [-0.05, 0) is 51.1 Å². The van der Waals surface area contributed by atoms with Gasteiger partial charge >= 0.3 is 0 Å². The predicted octanol–water partition coefficient (Wildman–Crippen LogP) is 1.75. The maximum atomic E-state index is 4.50. The smallest absolute Gasteiger partial charge is 0.132 e. The third-order valence-electron chi connectivity index (χ3n) is 3.97. The third-order valence-corrected chi connectivity index (χ3v) is 3.97. The average Bonchev–Trinajstić information content (AvgIpc) is 3.21. The number of aromatic nitrogens is 2. The summed E-state index contributed by atoms with van der Waals surface area (Å²) in [7, 11) is 0. The van der Waals surface area contributed by atoms with Gasteiger partial charge in [0, 0.05) is 25.3 Å². The molecule has 2 aliphatic rings. The van der Waals surface area contributed by atoms with Crippen molar-refractivity contribution in [1.29, 1.82) is 0 Å². The van der Waals surface area contributed by atoms with Gasteiger partial charge in [0.2, 0.25) is 0 Å². The quantitative estimate of drug-likeness (QED) is 0.879. The molecule has 1 aromatic rings. The minimum absolute atomic E-state index is 0.713. The molecule has 0 radical (unpaired) electrons. The van der Waals surface area contributed by atoms with Crippen molar-refractivity contribution in [1.82, 2.24) is 15.3 Å². The number of piperidine rings is 1. The van der Waals surface area contributed by atoms with Crippen LogP contribution in [0.15, 0.2) is 12.3 Å². The number of nitrogens with zero attached hydrogens (tertiary/aromatic N) is 3. The molecule has 1 N–H and O–H groups in total. The van der Waals surface area contributed by atoms with Crippen LogP contribution in [-0.4, -0.2) is 35.6 Å². The Bertz CT molecular complexity index is 395. The Labute approximate surface area is 109 Å². The van der Waals surface area contributed by atoms with E-state index in [-0.39, 0.29) is 0 Å². The minimum Gasteiger partial charge on any atom is -0.356 e. The summed E-state index contributed by atoms with van der Waals surface area (Å²) in [5, 5.41) is 3.71. The molecule has 0 atom stereocenters. The van der Waals surface area contributed by atoms with E-state index in [1.807, 2.05) is 19.2 Å².